The van der Waals surface area contributed by atoms with Crippen molar-refractivity contribution in [3.05, 3.63) is 0 Å². The minimum Gasteiger partial charge on any atom is -0.446 e. The van der Waals surface area contributed by atoms with Gasteiger partial charge in [-0.05, 0) is 20.3 Å². The zero-order valence-electron chi connectivity index (χ0n) is 11.2. The molecule has 1 unspecified atom stereocenters. The second kappa shape index (κ2) is 6.20. The van der Waals surface area contributed by atoms with E-state index >= 15 is 0 Å². The smallest absolute Gasteiger partial charge is 0.422 e. The first-order valence-corrected chi connectivity index (χ1v) is 7.49. The number of nitrogens with one attached hydrogen (secondary N) is 2. The fourth-order valence-electron chi connectivity index (χ4n) is 1.77. The molecule has 9 heteroatoms. The van der Waals surface area contributed by atoms with E-state index in [9.17, 15) is 18.0 Å². The summed E-state index contributed by atoms with van der Waals surface area (Å²) in [5.41, 5.74) is 0. The van der Waals surface area contributed by atoms with Crippen molar-refractivity contribution in [2.24, 2.45) is 0 Å². The maximum absolute atomic E-state index is 12.0. The molecule has 19 heavy (non-hydrogen) atoms. The Morgan fingerprint density at radius 1 is 1.58 bits per heavy atom. The molecule has 0 spiro atoms. The second-order valence-electron chi connectivity index (χ2n) is 4.39. The van der Waals surface area contributed by atoms with Crippen molar-refractivity contribution in [3.8, 4) is 0 Å². The molecule has 0 bridgehead atoms. The normalized spacial score (nSPS) is 21.1. The summed E-state index contributed by atoms with van der Waals surface area (Å²) in [4.78, 5) is 22.9. The standard InChI is InChI=1S/C10H19N3O5S/c1-4-8-9(14)11-5-6-13(8)19(16,17)12-10(15)18-7(2)3/h7-8H,4-6H2,1-3H3,(H,11,14)(H,12,15). The van der Waals surface area contributed by atoms with Gasteiger partial charge in [-0.2, -0.15) is 12.7 Å². The van der Waals surface area contributed by atoms with Crippen LogP contribution in [0.2, 0.25) is 0 Å². The van der Waals surface area contributed by atoms with E-state index in [1.54, 1.807) is 25.5 Å². The lowest BCUT2D eigenvalue weighted by Crippen LogP contribution is -2.59. The van der Waals surface area contributed by atoms with Crippen LogP contribution in [0.3, 0.4) is 0 Å². The predicted octanol–water partition coefficient (Wildman–Crippen LogP) is -0.424. The van der Waals surface area contributed by atoms with Gasteiger partial charge in [-0.3, -0.25) is 4.79 Å². The molecule has 0 radical (unpaired) electrons. The first-order valence-electron chi connectivity index (χ1n) is 6.05. The zero-order chi connectivity index (χ0) is 14.6. The number of rotatable bonds is 4. The van der Waals surface area contributed by atoms with Gasteiger partial charge in [-0.25, -0.2) is 9.52 Å². The summed E-state index contributed by atoms with van der Waals surface area (Å²) < 4.78 is 31.5. The zero-order valence-corrected chi connectivity index (χ0v) is 12.0. The number of nitrogens with zero attached hydrogens (tertiary/aromatic N) is 1. The predicted molar refractivity (Wildman–Crippen MR) is 67.5 cm³/mol. The number of hydrogen-bond acceptors (Lipinski definition) is 5. The van der Waals surface area contributed by atoms with E-state index in [4.69, 9.17) is 4.74 Å². The molecule has 2 N–H and O–H groups in total. The van der Waals surface area contributed by atoms with Crippen molar-refractivity contribution in [2.75, 3.05) is 13.1 Å². The number of piperazine rings is 1. The quantitative estimate of drug-likeness (QED) is 0.732. The molecule has 2 amide bonds. The lowest BCUT2D eigenvalue weighted by molar-refractivity contribution is -0.126. The molecule has 110 valence electrons. The number of carbonyl (C=O) groups excluding carboxylic acids is 2. The number of ether oxygens (including phenoxy) is 1. The van der Waals surface area contributed by atoms with Crippen molar-refractivity contribution in [1.29, 1.82) is 0 Å². The van der Waals surface area contributed by atoms with Crippen LogP contribution in [0, 0.1) is 0 Å². The maximum atomic E-state index is 12.0. The van der Waals surface area contributed by atoms with Crippen LogP contribution < -0.4 is 10.0 Å². The highest BCUT2D eigenvalue weighted by Crippen LogP contribution is 2.12. The van der Waals surface area contributed by atoms with Gasteiger partial charge in [0.15, 0.2) is 0 Å². The molecule has 1 rings (SSSR count). The van der Waals surface area contributed by atoms with Gasteiger partial charge in [0.1, 0.15) is 6.04 Å². The van der Waals surface area contributed by atoms with E-state index in [0.29, 0.717) is 6.42 Å². The van der Waals surface area contributed by atoms with Crippen molar-refractivity contribution in [3.63, 3.8) is 0 Å². The summed E-state index contributed by atoms with van der Waals surface area (Å²) in [7, 11) is -4.07. The van der Waals surface area contributed by atoms with Crippen LogP contribution in [-0.2, 0) is 19.7 Å². The van der Waals surface area contributed by atoms with Crippen LogP contribution in [0.25, 0.3) is 0 Å². The summed E-state index contributed by atoms with van der Waals surface area (Å²) in [6.45, 7) is 5.25. The fraction of sp³-hybridized carbons (Fsp3) is 0.800. The Hall–Kier alpha value is -1.35. The molecular weight excluding hydrogens is 274 g/mol. The van der Waals surface area contributed by atoms with E-state index in [-0.39, 0.29) is 19.0 Å². The minimum atomic E-state index is -4.07. The molecular formula is C10H19N3O5S. The summed E-state index contributed by atoms with van der Waals surface area (Å²) in [5, 5.41) is 2.58. The molecule has 1 fully saturated rings. The van der Waals surface area contributed by atoms with Crippen LogP contribution in [0.1, 0.15) is 27.2 Å². The number of amides is 2. The van der Waals surface area contributed by atoms with E-state index in [0.717, 1.165) is 4.31 Å². The van der Waals surface area contributed by atoms with E-state index < -0.39 is 28.4 Å². The van der Waals surface area contributed by atoms with Gasteiger partial charge in [-0.1, -0.05) is 6.92 Å². The van der Waals surface area contributed by atoms with Crippen molar-refractivity contribution in [2.45, 2.75) is 39.3 Å². The minimum absolute atomic E-state index is 0.120. The molecule has 1 aliphatic heterocycles. The third-order valence-electron chi connectivity index (χ3n) is 2.53. The second-order valence-corrected chi connectivity index (χ2v) is 6.01. The Bertz CT molecular complexity index is 448. The summed E-state index contributed by atoms with van der Waals surface area (Å²) in [6, 6.07) is -0.807. The van der Waals surface area contributed by atoms with E-state index in [1.807, 2.05) is 0 Å². The molecule has 0 saturated carbocycles. The van der Waals surface area contributed by atoms with E-state index in [2.05, 4.69) is 5.32 Å². The Balaban J connectivity index is 2.80. The van der Waals surface area contributed by atoms with Crippen LogP contribution in [0.4, 0.5) is 4.79 Å². The molecule has 0 aromatic carbocycles. The highest BCUT2D eigenvalue weighted by Gasteiger charge is 2.37. The monoisotopic (exact) mass is 293 g/mol. The van der Waals surface area contributed by atoms with E-state index in [1.165, 1.54) is 0 Å². The molecule has 1 atom stereocenters. The lowest BCUT2D eigenvalue weighted by Gasteiger charge is -2.32. The Morgan fingerprint density at radius 3 is 2.74 bits per heavy atom. The first kappa shape index (κ1) is 15.7. The summed E-state index contributed by atoms with van der Waals surface area (Å²) in [6.07, 6.45) is -1.15. The van der Waals surface area contributed by atoms with Gasteiger partial charge in [-0.15, -0.1) is 0 Å². The maximum Gasteiger partial charge on any atom is 0.422 e. The van der Waals surface area contributed by atoms with Crippen LogP contribution in [-0.4, -0.2) is 50.0 Å². The van der Waals surface area contributed by atoms with Crippen molar-refractivity contribution >= 4 is 22.2 Å². The molecule has 1 aliphatic rings. The van der Waals surface area contributed by atoms with Crippen molar-refractivity contribution < 1.29 is 22.7 Å². The van der Waals surface area contributed by atoms with Crippen molar-refractivity contribution in [1.82, 2.24) is 14.3 Å². The fourth-order valence-corrected chi connectivity index (χ4v) is 3.06. The largest absolute Gasteiger partial charge is 0.446 e. The number of carbonyl (C=O) groups is 2. The van der Waals surface area contributed by atoms with Crippen LogP contribution in [0.15, 0.2) is 0 Å². The van der Waals surface area contributed by atoms with Gasteiger partial charge >= 0.3 is 16.3 Å². The van der Waals surface area contributed by atoms with Gasteiger partial charge < -0.3 is 10.1 Å². The van der Waals surface area contributed by atoms with Gasteiger partial charge in [0.25, 0.3) is 0 Å². The van der Waals surface area contributed by atoms with Crippen LogP contribution in [0.5, 0.6) is 0 Å². The van der Waals surface area contributed by atoms with Gasteiger partial charge in [0.05, 0.1) is 6.10 Å². The van der Waals surface area contributed by atoms with Gasteiger partial charge in [0.2, 0.25) is 5.91 Å². The lowest BCUT2D eigenvalue weighted by atomic mass is 10.2. The third-order valence-corrected chi connectivity index (χ3v) is 4.01. The molecule has 1 heterocycles. The molecule has 8 nitrogen and oxygen atoms in total. The Kier molecular flexibility index (Phi) is 5.12. The molecule has 1 saturated heterocycles. The number of hydrogen-bond donors (Lipinski definition) is 2. The third kappa shape index (κ3) is 4.06. The Morgan fingerprint density at radius 2 is 2.21 bits per heavy atom. The summed E-state index contributed by atoms with van der Waals surface area (Å²) >= 11 is 0. The highest BCUT2D eigenvalue weighted by molar-refractivity contribution is 7.87. The molecule has 0 aromatic rings. The average molecular weight is 293 g/mol. The molecule has 0 aliphatic carbocycles. The Labute approximate surface area is 112 Å². The average Bonchev–Trinajstić information content (AvgIpc) is 2.26. The van der Waals surface area contributed by atoms with Crippen LogP contribution >= 0.6 is 0 Å². The topological polar surface area (TPSA) is 105 Å². The van der Waals surface area contributed by atoms with Gasteiger partial charge in [0, 0.05) is 13.1 Å². The SMILES string of the molecule is CCC1C(=O)NCCN1S(=O)(=O)NC(=O)OC(C)C. The first-order chi connectivity index (χ1) is 8.77. The summed E-state index contributed by atoms with van der Waals surface area (Å²) in [5.74, 6) is -0.364. The highest BCUT2D eigenvalue weighted by atomic mass is 32.2. The molecule has 0 aromatic heterocycles.